The highest BCUT2D eigenvalue weighted by Crippen LogP contribution is 2.09. The molecule has 0 aromatic heterocycles. The van der Waals surface area contributed by atoms with E-state index in [1.165, 1.54) is 0 Å². The molecule has 0 fully saturated rings. The number of hydrogen-bond donors (Lipinski definition) is 0. The summed E-state index contributed by atoms with van der Waals surface area (Å²) in [6.07, 6.45) is 5.15. The molecule has 15 heavy (non-hydrogen) atoms. The molecule has 0 aliphatic heterocycles. The molecule has 0 radical (unpaired) electrons. The van der Waals surface area contributed by atoms with E-state index < -0.39 is 8.26 Å². The molecule has 3 nitrogen and oxygen atoms in total. The van der Waals surface area contributed by atoms with Crippen molar-refractivity contribution in [2.24, 2.45) is 0 Å². The quantitative estimate of drug-likeness (QED) is 0.579. The Labute approximate surface area is 97.9 Å². The highest BCUT2D eigenvalue weighted by Gasteiger charge is 1.89. The third-order valence-corrected chi connectivity index (χ3v) is 1.26. The summed E-state index contributed by atoms with van der Waals surface area (Å²) in [6.45, 7) is 0. The van der Waals surface area contributed by atoms with E-state index in [2.05, 4.69) is 27.3 Å². The van der Waals surface area contributed by atoms with Crippen LogP contribution in [0.25, 0.3) is 0 Å². The molecular weight excluding hydrogens is 259 g/mol. The van der Waals surface area contributed by atoms with E-state index in [0.717, 1.165) is 11.3 Å². The molecule has 0 saturated heterocycles. The van der Waals surface area contributed by atoms with Gasteiger partial charge in [-0.3, -0.25) is 0 Å². The van der Waals surface area contributed by atoms with E-state index in [4.69, 9.17) is 19.6 Å². The second kappa shape index (κ2) is 6.57. The largest absolute Gasteiger partial charge is 0.497 e. The highest BCUT2D eigenvalue weighted by molar-refractivity contribution is 8.31. The third-order valence-electron chi connectivity index (χ3n) is 1.26. The topological polar surface area (TPSA) is 43.4 Å². The van der Waals surface area contributed by atoms with Crippen LogP contribution >= 0.6 is 21.4 Å². The molecule has 6 heteroatoms. The lowest BCUT2D eigenvalue weighted by Gasteiger charge is -1.96. The third kappa shape index (κ3) is 9.42. The summed E-state index contributed by atoms with van der Waals surface area (Å²) >= 11 is 0. The Morgan fingerprint density at radius 3 is 1.93 bits per heavy atom. The van der Waals surface area contributed by atoms with E-state index >= 15 is 0 Å². The molecule has 0 spiro atoms. The van der Waals surface area contributed by atoms with Crippen molar-refractivity contribution in [1.82, 2.24) is 0 Å². The van der Waals surface area contributed by atoms with Crippen molar-refractivity contribution in [1.29, 1.82) is 0 Å². The number of rotatable bonds is 1. The fourth-order valence-corrected chi connectivity index (χ4v) is 0.687. The molecule has 0 amide bonds. The molecule has 1 rings (SSSR count). The van der Waals surface area contributed by atoms with Gasteiger partial charge in [-0.1, -0.05) is 5.92 Å². The van der Waals surface area contributed by atoms with Crippen LogP contribution in [0.4, 0.5) is 0 Å². The lowest BCUT2D eigenvalue weighted by Crippen LogP contribution is -1.81. The van der Waals surface area contributed by atoms with Gasteiger partial charge in [-0.2, -0.15) is 8.42 Å². The zero-order valence-corrected chi connectivity index (χ0v) is 10.1. The van der Waals surface area contributed by atoms with Gasteiger partial charge >= 0.3 is 8.26 Å². The van der Waals surface area contributed by atoms with Crippen LogP contribution < -0.4 is 4.74 Å². The minimum Gasteiger partial charge on any atom is -0.497 e. The fourth-order valence-electron chi connectivity index (χ4n) is 0.687. The van der Waals surface area contributed by atoms with Crippen LogP contribution in [0.15, 0.2) is 24.3 Å². The van der Waals surface area contributed by atoms with E-state index in [1.807, 2.05) is 24.3 Å². The lowest BCUT2D eigenvalue weighted by molar-refractivity contribution is 0.415. The van der Waals surface area contributed by atoms with Crippen LogP contribution in [-0.4, -0.2) is 15.5 Å². The van der Waals surface area contributed by atoms with Gasteiger partial charge in [0.25, 0.3) is 0 Å². The van der Waals surface area contributed by atoms with Crippen LogP contribution in [-0.2, 0) is 8.26 Å². The lowest BCUT2D eigenvalue weighted by atomic mass is 10.2. The Kier molecular flexibility index (Phi) is 6.18. The number of halogens is 2. The monoisotopic (exact) mass is 266 g/mol. The zero-order valence-electron chi connectivity index (χ0n) is 7.78. The average molecular weight is 267 g/mol. The van der Waals surface area contributed by atoms with Crippen molar-refractivity contribution < 1.29 is 13.2 Å². The number of benzene rings is 1. The van der Waals surface area contributed by atoms with Crippen molar-refractivity contribution in [3.05, 3.63) is 29.8 Å². The SMILES string of the molecule is C#Cc1ccc(OC)cc1.O=S(=O)(Cl)Cl. The number of ether oxygens (including phenoxy) is 1. The standard InChI is InChI=1S/C9H8O.Cl2O2S/c1-3-8-4-6-9(10-2)7-5-8;1-5(2,3)4/h1,4-7H,2H3;. The summed E-state index contributed by atoms with van der Waals surface area (Å²) in [4.78, 5) is 0. The zero-order chi connectivity index (χ0) is 11.9. The van der Waals surface area contributed by atoms with Crippen molar-refractivity contribution in [2.45, 2.75) is 0 Å². The van der Waals surface area contributed by atoms with Crippen LogP contribution in [0.3, 0.4) is 0 Å². The summed E-state index contributed by atoms with van der Waals surface area (Å²) in [5.74, 6) is 3.36. The molecule has 0 aliphatic rings. The molecule has 0 saturated carbocycles. The first kappa shape index (κ1) is 14.1. The normalized spacial score (nSPS) is 9.47. The summed E-state index contributed by atoms with van der Waals surface area (Å²) < 4.78 is 23.3. The van der Waals surface area contributed by atoms with Gasteiger partial charge in [0.1, 0.15) is 5.75 Å². The Bertz CT molecular complexity index is 423. The van der Waals surface area contributed by atoms with Crippen LogP contribution in [0.1, 0.15) is 5.56 Å². The summed E-state index contributed by atoms with van der Waals surface area (Å²) in [7, 11) is 6.44. The van der Waals surface area contributed by atoms with Gasteiger partial charge in [-0.15, -0.1) is 6.42 Å². The Morgan fingerprint density at radius 1 is 1.27 bits per heavy atom. The molecule has 0 atom stereocenters. The number of terminal acetylenes is 1. The van der Waals surface area contributed by atoms with Gasteiger partial charge in [-0.05, 0) is 24.3 Å². The molecule has 1 aromatic carbocycles. The molecule has 0 heterocycles. The first-order valence-electron chi connectivity index (χ1n) is 3.61. The molecular formula is C9H8Cl2O3S. The van der Waals surface area contributed by atoms with Crippen molar-refractivity contribution >= 4 is 29.6 Å². The van der Waals surface area contributed by atoms with Gasteiger partial charge in [0.05, 0.1) is 7.11 Å². The predicted octanol–water partition coefficient (Wildman–Crippen LogP) is 2.39. The second-order valence-electron chi connectivity index (χ2n) is 2.25. The van der Waals surface area contributed by atoms with Crippen LogP contribution in [0.2, 0.25) is 0 Å². The molecule has 1 aromatic rings. The van der Waals surface area contributed by atoms with Gasteiger partial charge in [0.15, 0.2) is 0 Å². The van der Waals surface area contributed by atoms with E-state index in [0.29, 0.717) is 0 Å². The molecule has 0 unspecified atom stereocenters. The molecule has 0 bridgehead atoms. The minimum atomic E-state index is -3.72. The highest BCUT2D eigenvalue weighted by atomic mass is 36.0. The van der Waals surface area contributed by atoms with Crippen LogP contribution in [0, 0.1) is 12.3 Å². The van der Waals surface area contributed by atoms with Gasteiger partial charge < -0.3 is 4.74 Å². The smallest absolute Gasteiger partial charge is 0.317 e. The second-order valence-corrected chi connectivity index (χ2v) is 5.92. The maximum Gasteiger partial charge on any atom is 0.317 e. The molecule has 0 aliphatic carbocycles. The maximum absolute atomic E-state index is 9.16. The summed E-state index contributed by atoms with van der Waals surface area (Å²) in [6, 6.07) is 7.38. The van der Waals surface area contributed by atoms with Crippen molar-refractivity contribution in [3.63, 3.8) is 0 Å². The van der Waals surface area contributed by atoms with Gasteiger partial charge in [-0.25, -0.2) is 0 Å². The first-order chi connectivity index (χ1) is 6.86. The molecule has 0 N–H and O–H groups in total. The van der Waals surface area contributed by atoms with Crippen molar-refractivity contribution in [3.8, 4) is 18.1 Å². The van der Waals surface area contributed by atoms with Gasteiger partial charge in [0.2, 0.25) is 0 Å². The fraction of sp³-hybridized carbons (Fsp3) is 0.111. The van der Waals surface area contributed by atoms with Crippen LogP contribution in [0.5, 0.6) is 5.75 Å². The van der Waals surface area contributed by atoms with Gasteiger partial charge in [0, 0.05) is 26.9 Å². The number of hydrogen-bond acceptors (Lipinski definition) is 3. The Morgan fingerprint density at radius 2 is 1.67 bits per heavy atom. The maximum atomic E-state index is 9.16. The Balaban J connectivity index is 0.000000336. The van der Waals surface area contributed by atoms with E-state index in [-0.39, 0.29) is 0 Å². The van der Waals surface area contributed by atoms with E-state index in [9.17, 15) is 0 Å². The first-order valence-corrected chi connectivity index (χ1v) is 6.75. The summed E-state index contributed by atoms with van der Waals surface area (Å²) in [5.41, 5.74) is 0.876. The number of methoxy groups -OCH3 is 1. The van der Waals surface area contributed by atoms with Crippen molar-refractivity contribution in [2.75, 3.05) is 7.11 Å². The predicted molar refractivity (Wildman–Crippen MR) is 61.6 cm³/mol. The summed E-state index contributed by atoms with van der Waals surface area (Å²) in [5, 5.41) is 0. The molecule has 82 valence electrons. The van der Waals surface area contributed by atoms with E-state index in [1.54, 1.807) is 7.11 Å². The minimum absolute atomic E-state index is 0.832. The Hall–Kier alpha value is -0.890. The average Bonchev–Trinajstić information content (AvgIpc) is 2.15.